The highest BCUT2D eigenvalue weighted by atomic mass is 16.4. The molecular formula is C11H18N2O3. The maximum Gasteiger partial charge on any atom is 0.307 e. The summed E-state index contributed by atoms with van der Waals surface area (Å²) in [6.07, 6.45) is 3.00. The quantitative estimate of drug-likeness (QED) is 0.688. The van der Waals surface area contributed by atoms with Gasteiger partial charge in [0.25, 0.3) is 0 Å². The van der Waals surface area contributed by atoms with Crippen LogP contribution in [0, 0.1) is 11.8 Å². The Morgan fingerprint density at radius 3 is 2.50 bits per heavy atom. The molecule has 0 spiro atoms. The first-order valence-electron chi connectivity index (χ1n) is 5.91. The summed E-state index contributed by atoms with van der Waals surface area (Å²) in [5, 5.41) is 11.5. The number of aliphatic carboxylic acids is 1. The lowest BCUT2D eigenvalue weighted by Crippen LogP contribution is -2.34. The van der Waals surface area contributed by atoms with Crippen molar-refractivity contribution in [2.45, 2.75) is 19.3 Å². The Labute approximate surface area is 94.8 Å². The van der Waals surface area contributed by atoms with Gasteiger partial charge in [0.1, 0.15) is 0 Å². The number of carboxylic acids is 1. The van der Waals surface area contributed by atoms with E-state index in [2.05, 4.69) is 10.2 Å². The summed E-state index contributed by atoms with van der Waals surface area (Å²) in [6, 6.07) is 0. The molecule has 1 heterocycles. The summed E-state index contributed by atoms with van der Waals surface area (Å²) in [6.45, 7) is 3.77. The van der Waals surface area contributed by atoms with Gasteiger partial charge in [-0.2, -0.15) is 0 Å². The number of nitrogens with one attached hydrogen (secondary N) is 1. The maximum absolute atomic E-state index is 11.5. The summed E-state index contributed by atoms with van der Waals surface area (Å²) < 4.78 is 0. The standard InChI is InChI=1S/C11H18N2O3/c14-10(8-7-9(8)11(15)16)12-3-6-13-4-1-2-5-13/h8-9H,1-7H2,(H,12,14)(H,15,16)/t8-,9+/m1/s1. The molecule has 0 radical (unpaired) electrons. The Bertz CT molecular complexity index is 287. The van der Waals surface area contributed by atoms with Crippen LogP contribution in [0.4, 0.5) is 0 Å². The molecule has 0 aromatic rings. The van der Waals surface area contributed by atoms with Crippen LogP contribution in [0.25, 0.3) is 0 Å². The lowest BCUT2D eigenvalue weighted by molar-refractivity contribution is -0.140. The highest BCUT2D eigenvalue weighted by molar-refractivity contribution is 5.89. The van der Waals surface area contributed by atoms with Crippen molar-refractivity contribution in [3.8, 4) is 0 Å². The minimum absolute atomic E-state index is 0.0911. The van der Waals surface area contributed by atoms with Crippen LogP contribution in [-0.2, 0) is 9.59 Å². The number of amides is 1. The van der Waals surface area contributed by atoms with E-state index < -0.39 is 11.9 Å². The summed E-state index contributed by atoms with van der Waals surface area (Å²) in [7, 11) is 0. The maximum atomic E-state index is 11.5. The second kappa shape index (κ2) is 4.82. The number of nitrogens with zero attached hydrogens (tertiary/aromatic N) is 1. The normalized spacial score (nSPS) is 29.0. The van der Waals surface area contributed by atoms with Crippen molar-refractivity contribution in [1.82, 2.24) is 10.2 Å². The van der Waals surface area contributed by atoms with Crippen LogP contribution in [0.2, 0.25) is 0 Å². The van der Waals surface area contributed by atoms with E-state index in [1.165, 1.54) is 12.8 Å². The average Bonchev–Trinajstić information content (AvgIpc) is 2.90. The minimum atomic E-state index is -0.848. The highest BCUT2D eigenvalue weighted by Gasteiger charge is 2.48. The number of likely N-dealkylation sites (tertiary alicyclic amines) is 1. The molecule has 1 amide bonds. The van der Waals surface area contributed by atoms with Gasteiger partial charge >= 0.3 is 5.97 Å². The lowest BCUT2D eigenvalue weighted by Gasteiger charge is -2.14. The van der Waals surface area contributed by atoms with Gasteiger partial charge in [0, 0.05) is 13.1 Å². The third kappa shape index (κ3) is 2.72. The molecule has 1 saturated carbocycles. The molecule has 2 rings (SSSR count). The summed E-state index contributed by atoms with van der Waals surface area (Å²) >= 11 is 0. The number of rotatable bonds is 5. The van der Waals surface area contributed by atoms with Crippen LogP contribution in [0.3, 0.4) is 0 Å². The monoisotopic (exact) mass is 226 g/mol. The minimum Gasteiger partial charge on any atom is -0.481 e. The largest absolute Gasteiger partial charge is 0.481 e. The molecule has 2 aliphatic rings. The van der Waals surface area contributed by atoms with Crippen molar-refractivity contribution in [2.24, 2.45) is 11.8 Å². The molecular weight excluding hydrogens is 208 g/mol. The van der Waals surface area contributed by atoms with E-state index >= 15 is 0 Å². The third-order valence-electron chi connectivity index (χ3n) is 3.37. The van der Waals surface area contributed by atoms with Crippen molar-refractivity contribution in [1.29, 1.82) is 0 Å². The van der Waals surface area contributed by atoms with E-state index in [1.807, 2.05) is 0 Å². The van der Waals surface area contributed by atoms with Gasteiger partial charge in [-0.3, -0.25) is 9.59 Å². The van der Waals surface area contributed by atoms with Gasteiger partial charge in [-0.15, -0.1) is 0 Å². The molecule has 0 bridgehead atoms. The summed E-state index contributed by atoms with van der Waals surface area (Å²) in [5.74, 6) is -1.66. The van der Waals surface area contributed by atoms with Crippen molar-refractivity contribution in [2.75, 3.05) is 26.2 Å². The summed E-state index contributed by atoms with van der Waals surface area (Å²) in [4.78, 5) is 24.4. The molecule has 16 heavy (non-hydrogen) atoms. The van der Waals surface area contributed by atoms with Crippen LogP contribution < -0.4 is 5.32 Å². The van der Waals surface area contributed by atoms with Crippen LogP contribution in [0.15, 0.2) is 0 Å². The van der Waals surface area contributed by atoms with Gasteiger partial charge in [-0.1, -0.05) is 0 Å². The molecule has 0 aromatic carbocycles. The zero-order valence-electron chi connectivity index (χ0n) is 9.32. The van der Waals surface area contributed by atoms with Crippen LogP contribution >= 0.6 is 0 Å². The fourth-order valence-corrected chi connectivity index (χ4v) is 2.23. The third-order valence-corrected chi connectivity index (χ3v) is 3.37. The molecule has 0 unspecified atom stereocenters. The predicted octanol–water partition coefficient (Wildman–Crippen LogP) is -0.0809. The fraction of sp³-hybridized carbons (Fsp3) is 0.818. The van der Waals surface area contributed by atoms with Crippen LogP contribution in [0.1, 0.15) is 19.3 Å². The Kier molecular flexibility index (Phi) is 3.43. The van der Waals surface area contributed by atoms with E-state index in [9.17, 15) is 9.59 Å². The van der Waals surface area contributed by atoms with Gasteiger partial charge in [-0.25, -0.2) is 0 Å². The zero-order chi connectivity index (χ0) is 11.5. The fourth-order valence-electron chi connectivity index (χ4n) is 2.23. The van der Waals surface area contributed by atoms with Crippen LogP contribution in [0.5, 0.6) is 0 Å². The van der Waals surface area contributed by atoms with E-state index in [1.54, 1.807) is 0 Å². The van der Waals surface area contributed by atoms with Gasteiger partial charge in [0.2, 0.25) is 5.91 Å². The average molecular weight is 226 g/mol. The predicted molar refractivity (Wildman–Crippen MR) is 57.9 cm³/mol. The highest BCUT2D eigenvalue weighted by Crippen LogP contribution is 2.38. The SMILES string of the molecule is O=C(O)[C@H]1C[C@H]1C(=O)NCCN1CCCC1. The molecule has 90 valence electrons. The first kappa shape index (κ1) is 11.4. The second-order valence-electron chi connectivity index (χ2n) is 4.63. The Morgan fingerprint density at radius 1 is 1.25 bits per heavy atom. The van der Waals surface area contributed by atoms with Gasteiger partial charge in [-0.05, 0) is 32.4 Å². The first-order valence-corrected chi connectivity index (χ1v) is 5.91. The van der Waals surface area contributed by atoms with Crippen LogP contribution in [-0.4, -0.2) is 48.1 Å². The Hall–Kier alpha value is -1.10. The van der Waals surface area contributed by atoms with E-state index in [-0.39, 0.29) is 11.8 Å². The molecule has 2 atom stereocenters. The lowest BCUT2D eigenvalue weighted by atomic mass is 10.3. The first-order chi connectivity index (χ1) is 7.68. The van der Waals surface area contributed by atoms with Crippen molar-refractivity contribution < 1.29 is 14.7 Å². The van der Waals surface area contributed by atoms with Crippen molar-refractivity contribution in [3.63, 3.8) is 0 Å². The molecule has 1 aliphatic carbocycles. The molecule has 0 aromatic heterocycles. The number of carbonyl (C=O) groups is 2. The van der Waals surface area contributed by atoms with E-state index in [0.29, 0.717) is 13.0 Å². The molecule has 5 nitrogen and oxygen atoms in total. The Morgan fingerprint density at radius 2 is 1.94 bits per heavy atom. The number of hydrogen-bond acceptors (Lipinski definition) is 3. The molecule has 2 N–H and O–H groups in total. The number of carbonyl (C=O) groups excluding carboxylic acids is 1. The molecule has 5 heteroatoms. The van der Waals surface area contributed by atoms with Gasteiger partial charge < -0.3 is 15.3 Å². The van der Waals surface area contributed by atoms with Crippen molar-refractivity contribution in [3.05, 3.63) is 0 Å². The molecule has 1 aliphatic heterocycles. The van der Waals surface area contributed by atoms with E-state index in [4.69, 9.17) is 5.11 Å². The topological polar surface area (TPSA) is 69.6 Å². The number of carboxylic acid groups (broad SMARTS) is 1. The zero-order valence-corrected chi connectivity index (χ0v) is 9.32. The molecule has 2 fully saturated rings. The smallest absolute Gasteiger partial charge is 0.307 e. The van der Waals surface area contributed by atoms with Crippen molar-refractivity contribution >= 4 is 11.9 Å². The van der Waals surface area contributed by atoms with E-state index in [0.717, 1.165) is 19.6 Å². The summed E-state index contributed by atoms with van der Waals surface area (Å²) in [5.41, 5.74) is 0. The second-order valence-corrected chi connectivity index (χ2v) is 4.63. The Balaban J connectivity index is 1.60. The van der Waals surface area contributed by atoms with Gasteiger partial charge in [0.15, 0.2) is 0 Å². The molecule has 1 saturated heterocycles. The number of hydrogen-bond donors (Lipinski definition) is 2. The van der Waals surface area contributed by atoms with Gasteiger partial charge in [0.05, 0.1) is 11.8 Å².